The number of hydrogen-bond acceptors (Lipinski definition) is 5. The Morgan fingerprint density at radius 3 is 2.44 bits per heavy atom. The van der Waals surface area contributed by atoms with Crippen LogP contribution in [0.1, 0.15) is 44.5 Å². The standard InChI is InChI=1S/C19H13NO5/c1-2-8-6-10-13(12(22)7-8)15-16(20-19(10)25)18(24)14-9(17(15)23)4-3-5-11(14)21/h3-7,21-22H,2H2,1H3,(H,20,25). The molecule has 1 aromatic heterocycles. The number of aryl methyl sites for hydroxylation is 1. The number of rotatable bonds is 1. The summed E-state index contributed by atoms with van der Waals surface area (Å²) in [4.78, 5) is 40.6. The SMILES string of the molecule is CCc1cc(O)c2c3c([nH]c(=O)c2c1)C(=O)c1c(O)cccc1C3=O. The van der Waals surface area contributed by atoms with Crippen LogP contribution in [-0.4, -0.2) is 26.8 Å². The van der Waals surface area contributed by atoms with Crippen LogP contribution >= 0.6 is 0 Å². The molecule has 0 amide bonds. The Hall–Kier alpha value is -3.41. The lowest BCUT2D eigenvalue weighted by atomic mass is 9.83. The number of phenolic OH excluding ortho intramolecular Hbond substituents is 2. The van der Waals surface area contributed by atoms with Gasteiger partial charge in [-0.05, 0) is 30.2 Å². The number of phenols is 2. The molecule has 6 heteroatoms. The predicted molar refractivity (Wildman–Crippen MR) is 90.6 cm³/mol. The number of pyridine rings is 1. The van der Waals surface area contributed by atoms with Crippen LogP contribution in [0.15, 0.2) is 35.1 Å². The van der Waals surface area contributed by atoms with E-state index < -0.39 is 17.1 Å². The second kappa shape index (κ2) is 5.04. The number of ketones is 2. The molecule has 4 rings (SSSR count). The van der Waals surface area contributed by atoms with Gasteiger partial charge in [0.2, 0.25) is 5.78 Å². The van der Waals surface area contributed by atoms with Gasteiger partial charge in [0.25, 0.3) is 5.56 Å². The number of aromatic nitrogens is 1. The summed E-state index contributed by atoms with van der Waals surface area (Å²) >= 11 is 0. The van der Waals surface area contributed by atoms with Gasteiger partial charge in [-0.15, -0.1) is 0 Å². The molecular weight excluding hydrogens is 322 g/mol. The first kappa shape index (κ1) is 15.1. The minimum absolute atomic E-state index is 0.0437. The van der Waals surface area contributed by atoms with E-state index >= 15 is 0 Å². The van der Waals surface area contributed by atoms with Crippen LogP contribution in [0.2, 0.25) is 0 Å². The Kier molecular flexibility index (Phi) is 3.05. The van der Waals surface area contributed by atoms with E-state index in [-0.39, 0.29) is 44.7 Å². The molecule has 2 aromatic carbocycles. The zero-order valence-corrected chi connectivity index (χ0v) is 13.2. The van der Waals surface area contributed by atoms with Crippen molar-refractivity contribution in [3.63, 3.8) is 0 Å². The average molecular weight is 335 g/mol. The molecule has 3 N–H and O–H groups in total. The molecule has 0 fully saturated rings. The van der Waals surface area contributed by atoms with Crippen molar-refractivity contribution in [3.8, 4) is 11.5 Å². The normalized spacial score (nSPS) is 13.0. The highest BCUT2D eigenvalue weighted by Gasteiger charge is 2.35. The first-order valence-electron chi connectivity index (χ1n) is 7.77. The van der Waals surface area contributed by atoms with E-state index in [9.17, 15) is 24.6 Å². The van der Waals surface area contributed by atoms with Crippen molar-refractivity contribution in [1.82, 2.24) is 4.98 Å². The zero-order valence-electron chi connectivity index (χ0n) is 13.2. The lowest BCUT2D eigenvalue weighted by Gasteiger charge is -2.20. The molecule has 0 saturated carbocycles. The molecule has 124 valence electrons. The molecule has 0 atom stereocenters. The summed E-state index contributed by atoms with van der Waals surface area (Å²) in [6.45, 7) is 1.88. The van der Waals surface area contributed by atoms with Crippen molar-refractivity contribution in [3.05, 3.63) is 68.6 Å². The van der Waals surface area contributed by atoms with Gasteiger partial charge in [-0.1, -0.05) is 19.1 Å². The molecule has 0 spiro atoms. The van der Waals surface area contributed by atoms with E-state index in [1.807, 2.05) is 6.92 Å². The number of carbonyl (C=O) groups is 2. The quantitative estimate of drug-likeness (QED) is 0.495. The fourth-order valence-corrected chi connectivity index (χ4v) is 3.32. The van der Waals surface area contributed by atoms with Crippen LogP contribution in [0.25, 0.3) is 10.8 Å². The molecule has 1 aliphatic carbocycles. The number of H-pyrrole nitrogens is 1. The van der Waals surface area contributed by atoms with Gasteiger partial charge < -0.3 is 15.2 Å². The fraction of sp³-hybridized carbons (Fsp3) is 0.105. The molecule has 0 unspecified atom stereocenters. The van der Waals surface area contributed by atoms with E-state index in [2.05, 4.69) is 4.98 Å². The summed E-state index contributed by atoms with van der Waals surface area (Å²) in [5.74, 6) is -1.73. The van der Waals surface area contributed by atoms with Crippen LogP contribution in [-0.2, 0) is 6.42 Å². The van der Waals surface area contributed by atoms with Gasteiger partial charge in [0.15, 0.2) is 5.78 Å². The molecule has 0 radical (unpaired) electrons. The van der Waals surface area contributed by atoms with Crippen LogP contribution in [0.3, 0.4) is 0 Å². The van der Waals surface area contributed by atoms with Gasteiger partial charge >= 0.3 is 0 Å². The summed E-state index contributed by atoms with van der Waals surface area (Å²) in [5, 5.41) is 20.6. The largest absolute Gasteiger partial charge is 0.507 e. The summed E-state index contributed by atoms with van der Waals surface area (Å²) < 4.78 is 0. The second-order valence-electron chi connectivity index (χ2n) is 5.95. The van der Waals surface area contributed by atoms with Crippen molar-refractivity contribution >= 4 is 22.3 Å². The minimum atomic E-state index is -0.652. The molecule has 0 aliphatic heterocycles. The Labute approximate surface area is 141 Å². The van der Waals surface area contributed by atoms with E-state index in [0.29, 0.717) is 6.42 Å². The molecule has 25 heavy (non-hydrogen) atoms. The smallest absolute Gasteiger partial charge is 0.256 e. The topological polar surface area (TPSA) is 107 Å². The monoisotopic (exact) mass is 335 g/mol. The average Bonchev–Trinajstić information content (AvgIpc) is 2.59. The van der Waals surface area contributed by atoms with Gasteiger partial charge in [-0.3, -0.25) is 14.4 Å². The number of aromatic amines is 1. The van der Waals surface area contributed by atoms with Crippen LogP contribution < -0.4 is 5.56 Å². The molecule has 3 aromatic rings. The Bertz CT molecular complexity index is 1160. The van der Waals surface area contributed by atoms with Gasteiger partial charge in [0.1, 0.15) is 17.2 Å². The van der Waals surface area contributed by atoms with Crippen molar-refractivity contribution in [1.29, 1.82) is 0 Å². The van der Waals surface area contributed by atoms with Crippen LogP contribution in [0.4, 0.5) is 0 Å². The number of fused-ring (bicyclic) bond motifs is 4. The van der Waals surface area contributed by atoms with E-state index in [1.165, 1.54) is 24.3 Å². The maximum atomic E-state index is 12.9. The minimum Gasteiger partial charge on any atom is -0.507 e. The Balaban J connectivity index is 2.18. The lowest BCUT2D eigenvalue weighted by Crippen LogP contribution is -2.26. The highest BCUT2D eigenvalue weighted by molar-refractivity contribution is 6.32. The van der Waals surface area contributed by atoms with Crippen molar-refractivity contribution < 1.29 is 19.8 Å². The number of hydrogen-bond donors (Lipinski definition) is 3. The summed E-state index contributed by atoms with van der Waals surface area (Å²) in [7, 11) is 0. The third kappa shape index (κ3) is 1.94. The third-order valence-corrected chi connectivity index (χ3v) is 4.54. The van der Waals surface area contributed by atoms with E-state index in [4.69, 9.17) is 0 Å². The highest BCUT2D eigenvalue weighted by atomic mass is 16.3. The molecule has 0 saturated heterocycles. The van der Waals surface area contributed by atoms with Crippen LogP contribution in [0, 0.1) is 0 Å². The first-order valence-corrected chi connectivity index (χ1v) is 7.77. The molecule has 1 aliphatic rings. The maximum Gasteiger partial charge on any atom is 0.256 e. The number of nitrogens with one attached hydrogen (secondary N) is 1. The Morgan fingerprint density at radius 2 is 1.72 bits per heavy atom. The molecule has 1 heterocycles. The van der Waals surface area contributed by atoms with Gasteiger partial charge in [-0.25, -0.2) is 0 Å². The van der Waals surface area contributed by atoms with Crippen LogP contribution in [0.5, 0.6) is 11.5 Å². The first-order chi connectivity index (χ1) is 11.9. The van der Waals surface area contributed by atoms with E-state index in [1.54, 1.807) is 6.07 Å². The number of benzene rings is 2. The molecule has 6 nitrogen and oxygen atoms in total. The maximum absolute atomic E-state index is 12.9. The lowest BCUT2D eigenvalue weighted by molar-refractivity contribution is 0.0974. The fourth-order valence-electron chi connectivity index (χ4n) is 3.32. The van der Waals surface area contributed by atoms with Gasteiger partial charge in [-0.2, -0.15) is 0 Å². The van der Waals surface area contributed by atoms with Crippen molar-refractivity contribution in [2.75, 3.05) is 0 Å². The Morgan fingerprint density at radius 1 is 0.960 bits per heavy atom. The van der Waals surface area contributed by atoms with Crippen molar-refractivity contribution in [2.24, 2.45) is 0 Å². The summed E-state index contributed by atoms with van der Waals surface area (Å²) in [6.07, 6.45) is 0.601. The summed E-state index contributed by atoms with van der Waals surface area (Å²) in [5.41, 5.74) is -0.180. The van der Waals surface area contributed by atoms with Crippen molar-refractivity contribution in [2.45, 2.75) is 13.3 Å². The zero-order chi connectivity index (χ0) is 17.9. The highest BCUT2D eigenvalue weighted by Crippen LogP contribution is 2.37. The van der Waals surface area contributed by atoms with E-state index in [0.717, 1.165) is 5.56 Å². The van der Waals surface area contributed by atoms with Gasteiger partial charge in [0, 0.05) is 10.9 Å². The molecular formula is C19H13NO5. The number of aromatic hydroxyl groups is 2. The number of carbonyl (C=O) groups excluding carboxylic acids is 2. The molecule has 0 bridgehead atoms. The second-order valence-corrected chi connectivity index (χ2v) is 5.95. The predicted octanol–water partition coefficient (Wildman–Crippen LogP) is 2.28. The van der Waals surface area contributed by atoms with Gasteiger partial charge in [0.05, 0.1) is 16.5 Å². The third-order valence-electron chi connectivity index (χ3n) is 4.54. The summed E-state index contributed by atoms with van der Waals surface area (Å²) in [6, 6.07) is 7.29.